The maximum atomic E-state index is 11.6. The first-order valence-electron chi connectivity index (χ1n) is 7.08. The minimum Gasteiger partial charge on any atom is -0.460 e. The van der Waals surface area contributed by atoms with Crippen LogP contribution in [0.25, 0.3) is 0 Å². The monoisotopic (exact) mass is 278 g/mol. The summed E-state index contributed by atoms with van der Waals surface area (Å²) in [6.07, 6.45) is 7.90. The zero-order valence-electron chi connectivity index (χ0n) is 11.9. The van der Waals surface area contributed by atoms with Crippen molar-refractivity contribution in [1.29, 1.82) is 0 Å². The van der Waals surface area contributed by atoms with Crippen LogP contribution in [-0.2, 0) is 9.53 Å². The molecule has 5 heteroatoms. The lowest BCUT2D eigenvalue weighted by molar-refractivity contribution is -0.121. The molecule has 1 amide bonds. The Kier molecular flexibility index (Phi) is 8.03. The third-order valence-electron chi connectivity index (χ3n) is 2.81. The van der Waals surface area contributed by atoms with Gasteiger partial charge >= 0.3 is 5.97 Å². The average molecular weight is 278 g/mol. The second-order valence-corrected chi connectivity index (χ2v) is 4.54. The molecular formula is C15H22N2O3. The summed E-state index contributed by atoms with van der Waals surface area (Å²) in [5, 5.41) is 2.73. The smallest absolute Gasteiger partial charge is 0.339 e. The fraction of sp³-hybridized carbons (Fsp3) is 0.533. The molecule has 1 heterocycles. The van der Waals surface area contributed by atoms with Crippen LogP contribution in [0.1, 0.15) is 49.4 Å². The number of carbonyl (C=O) groups is 2. The van der Waals surface area contributed by atoms with Gasteiger partial charge in [0, 0.05) is 18.8 Å². The molecule has 0 aromatic carbocycles. The highest BCUT2D eigenvalue weighted by molar-refractivity contribution is 5.88. The number of esters is 1. The Morgan fingerprint density at radius 3 is 2.85 bits per heavy atom. The van der Waals surface area contributed by atoms with E-state index >= 15 is 0 Å². The maximum absolute atomic E-state index is 11.6. The van der Waals surface area contributed by atoms with Gasteiger partial charge in [0.25, 0.3) is 0 Å². The zero-order chi connectivity index (χ0) is 14.6. The van der Waals surface area contributed by atoms with Crippen LogP contribution in [0.3, 0.4) is 0 Å². The first-order valence-corrected chi connectivity index (χ1v) is 7.08. The molecule has 0 saturated heterocycles. The van der Waals surface area contributed by atoms with Gasteiger partial charge < -0.3 is 10.1 Å². The predicted molar refractivity (Wildman–Crippen MR) is 76.3 cm³/mol. The molecule has 110 valence electrons. The number of aromatic nitrogens is 1. The molecule has 0 aliphatic rings. The fourth-order valence-corrected chi connectivity index (χ4v) is 1.70. The molecule has 0 spiro atoms. The van der Waals surface area contributed by atoms with Gasteiger partial charge in [-0.1, -0.05) is 26.2 Å². The normalized spacial score (nSPS) is 10.1. The largest absolute Gasteiger partial charge is 0.460 e. The van der Waals surface area contributed by atoms with E-state index in [1.54, 1.807) is 18.3 Å². The van der Waals surface area contributed by atoms with Crippen molar-refractivity contribution in [3.63, 3.8) is 0 Å². The summed E-state index contributed by atoms with van der Waals surface area (Å²) in [4.78, 5) is 26.9. The van der Waals surface area contributed by atoms with Gasteiger partial charge in [0.15, 0.2) is 0 Å². The lowest BCUT2D eigenvalue weighted by Gasteiger charge is -2.06. The molecule has 20 heavy (non-hydrogen) atoms. The number of nitrogens with zero attached hydrogens (tertiary/aromatic N) is 1. The number of unbranched alkanes of at least 4 members (excludes halogenated alkanes) is 3. The second-order valence-electron chi connectivity index (χ2n) is 4.54. The highest BCUT2D eigenvalue weighted by Gasteiger charge is 2.06. The minimum atomic E-state index is -0.421. The van der Waals surface area contributed by atoms with Crippen LogP contribution >= 0.6 is 0 Å². The quantitative estimate of drug-likeness (QED) is 0.556. The Morgan fingerprint density at radius 2 is 2.15 bits per heavy atom. The Morgan fingerprint density at radius 1 is 1.30 bits per heavy atom. The SMILES string of the molecule is CCCCCCC(=O)NCCOC(=O)c1cccnc1. The molecule has 1 rings (SSSR count). The van der Waals surface area contributed by atoms with Gasteiger partial charge in [-0.3, -0.25) is 9.78 Å². The standard InChI is InChI=1S/C15H22N2O3/c1-2-3-4-5-8-14(18)17-10-11-20-15(19)13-7-6-9-16-12-13/h6-7,9,12H,2-5,8,10-11H2,1H3,(H,17,18). The van der Waals surface area contributed by atoms with Gasteiger partial charge in [-0.2, -0.15) is 0 Å². The lowest BCUT2D eigenvalue weighted by atomic mass is 10.1. The van der Waals surface area contributed by atoms with Gasteiger partial charge in [0.1, 0.15) is 6.61 Å². The third kappa shape index (κ3) is 6.87. The number of ether oxygens (including phenoxy) is 1. The van der Waals surface area contributed by atoms with E-state index in [2.05, 4.69) is 17.2 Å². The Labute approximate surface area is 119 Å². The third-order valence-corrected chi connectivity index (χ3v) is 2.81. The first kappa shape index (κ1) is 16.1. The van der Waals surface area contributed by atoms with Crippen molar-refractivity contribution in [3.05, 3.63) is 30.1 Å². The number of hydrogen-bond donors (Lipinski definition) is 1. The Balaban J connectivity index is 2.07. The molecule has 0 radical (unpaired) electrons. The number of nitrogens with one attached hydrogen (secondary N) is 1. The van der Waals surface area contributed by atoms with Crippen molar-refractivity contribution in [2.45, 2.75) is 39.0 Å². The van der Waals surface area contributed by atoms with Crippen molar-refractivity contribution in [1.82, 2.24) is 10.3 Å². The number of carbonyl (C=O) groups excluding carboxylic acids is 2. The van der Waals surface area contributed by atoms with E-state index in [4.69, 9.17) is 4.74 Å². The van der Waals surface area contributed by atoms with Crippen LogP contribution in [0.15, 0.2) is 24.5 Å². The van der Waals surface area contributed by atoms with Crippen LogP contribution < -0.4 is 5.32 Å². The van der Waals surface area contributed by atoms with E-state index in [9.17, 15) is 9.59 Å². The van der Waals surface area contributed by atoms with Crippen molar-refractivity contribution in [2.75, 3.05) is 13.2 Å². The van der Waals surface area contributed by atoms with Gasteiger partial charge in [-0.15, -0.1) is 0 Å². The maximum Gasteiger partial charge on any atom is 0.339 e. The molecule has 0 aliphatic carbocycles. The number of pyridine rings is 1. The summed E-state index contributed by atoms with van der Waals surface area (Å²) in [5.74, 6) is -0.408. The minimum absolute atomic E-state index is 0.0125. The molecule has 0 atom stereocenters. The molecule has 5 nitrogen and oxygen atoms in total. The molecule has 0 saturated carbocycles. The van der Waals surface area contributed by atoms with Gasteiger partial charge in [-0.05, 0) is 18.6 Å². The molecule has 0 bridgehead atoms. The zero-order valence-corrected chi connectivity index (χ0v) is 11.9. The first-order chi connectivity index (χ1) is 9.74. The van der Waals surface area contributed by atoms with Crippen LogP contribution in [0, 0.1) is 0 Å². The summed E-state index contributed by atoms with van der Waals surface area (Å²) >= 11 is 0. The van der Waals surface area contributed by atoms with Crippen molar-refractivity contribution in [2.24, 2.45) is 0 Å². The van der Waals surface area contributed by atoms with Crippen molar-refractivity contribution in [3.8, 4) is 0 Å². The van der Waals surface area contributed by atoms with Gasteiger partial charge in [-0.25, -0.2) is 4.79 Å². The molecule has 0 unspecified atom stereocenters. The van der Waals surface area contributed by atoms with E-state index in [0.717, 1.165) is 25.7 Å². The number of amides is 1. The van der Waals surface area contributed by atoms with Gasteiger partial charge in [0.05, 0.1) is 12.1 Å². The van der Waals surface area contributed by atoms with E-state index < -0.39 is 5.97 Å². The van der Waals surface area contributed by atoms with Crippen molar-refractivity contribution >= 4 is 11.9 Å². The summed E-state index contributed by atoms with van der Waals surface area (Å²) < 4.78 is 5.03. The van der Waals surface area contributed by atoms with E-state index in [-0.39, 0.29) is 12.5 Å². The fourth-order valence-electron chi connectivity index (χ4n) is 1.70. The highest BCUT2D eigenvalue weighted by atomic mass is 16.5. The van der Waals surface area contributed by atoms with Crippen molar-refractivity contribution < 1.29 is 14.3 Å². The van der Waals surface area contributed by atoms with E-state index in [1.807, 2.05) is 0 Å². The van der Waals surface area contributed by atoms with Crippen LogP contribution in [0.5, 0.6) is 0 Å². The van der Waals surface area contributed by atoms with E-state index in [0.29, 0.717) is 18.5 Å². The van der Waals surface area contributed by atoms with E-state index in [1.165, 1.54) is 6.20 Å². The second kappa shape index (κ2) is 9.95. The predicted octanol–water partition coefficient (Wildman–Crippen LogP) is 2.33. The van der Waals surface area contributed by atoms with Crippen LogP contribution in [0.2, 0.25) is 0 Å². The van der Waals surface area contributed by atoms with Gasteiger partial charge in [0.2, 0.25) is 5.91 Å². The topological polar surface area (TPSA) is 68.3 Å². The van der Waals surface area contributed by atoms with Crippen LogP contribution in [0.4, 0.5) is 0 Å². The number of hydrogen-bond acceptors (Lipinski definition) is 4. The summed E-state index contributed by atoms with van der Waals surface area (Å²) in [5.41, 5.74) is 0.415. The average Bonchev–Trinajstić information content (AvgIpc) is 2.49. The highest BCUT2D eigenvalue weighted by Crippen LogP contribution is 2.02. The number of rotatable bonds is 9. The molecular weight excluding hydrogens is 256 g/mol. The Bertz CT molecular complexity index is 407. The lowest BCUT2D eigenvalue weighted by Crippen LogP contribution is -2.27. The summed E-state index contributed by atoms with van der Waals surface area (Å²) in [6.45, 7) is 2.66. The molecule has 0 aliphatic heterocycles. The summed E-state index contributed by atoms with van der Waals surface area (Å²) in [7, 11) is 0. The molecule has 1 aromatic heterocycles. The van der Waals surface area contributed by atoms with Crippen LogP contribution in [-0.4, -0.2) is 30.0 Å². The molecule has 1 N–H and O–H groups in total. The Hall–Kier alpha value is -1.91. The molecule has 1 aromatic rings. The summed E-state index contributed by atoms with van der Waals surface area (Å²) in [6, 6.07) is 3.32. The molecule has 0 fully saturated rings.